The number of pyridine rings is 1. The molecule has 0 aliphatic heterocycles. The minimum absolute atomic E-state index is 0. The van der Waals surface area contributed by atoms with Crippen molar-refractivity contribution in [1.29, 1.82) is 0 Å². The van der Waals surface area contributed by atoms with E-state index in [-0.39, 0.29) is 28.6 Å². The van der Waals surface area contributed by atoms with Crippen LogP contribution in [-0.4, -0.2) is 15.0 Å². The van der Waals surface area contributed by atoms with Crippen LogP contribution >= 0.6 is 23.2 Å². The normalized spacial score (nSPS) is 11.3. The predicted molar refractivity (Wildman–Crippen MR) is 98.2 cm³/mol. The molecule has 0 bridgehead atoms. The summed E-state index contributed by atoms with van der Waals surface area (Å²) in [6.07, 6.45) is 3.23. The molecule has 0 spiro atoms. The van der Waals surface area contributed by atoms with E-state index in [0.717, 1.165) is 11.4 Å². The molecule has 3 heterocycles. The monoisotopic (exact) mass is 438 g/mol. The molecule has 3 aromatic heterocycles. The summed E-state index contributed by atoms with van der Waals surface area (Å²) in [7, 11) is 0. The van der Waals surface area contributed by atoms with Crippen molar-refractivity contribution in [2.75, 3.05) is 0 Å². The van der Waals surface area contributed by atoms with Gasteiger partial charge in [-0.25, -0.2) is 15.0 Å². The standard InChI is InChI=1S/C18H19Cl2N3O2.Co/c1-8(2)11-6-24-17(21-11)15-13(19)10(5)14(20)16(23-15)18-22-12(7-25-18)9(3)4;/h6-9H,1-5H3;. The molecule has 0 aliphatic rings. The summed E-state index contributed by atoms with van der Waals surface area (Å²) in [4.78, 5) is 13.5. The molecule has 1 radical (unpaired) electrons. The van der Waals surface area contributed by atoms with Crippen molar-refractivity contribution in [1.82, 2.24) is 15.0 Å². The Hall–Kier alpha value is -1.34. The number of hydrogen-bond donors (Lipinski definition) is 0. The smallest absolute Gasteiger partial charge is 0.246 e. The SMILES string of the molecule is Cc1c(Cl)c(-c2nc(C(C)C)co2)nc(-c2nc(C(C)C)co2)c1Cl.[Co]. The predicted octanol–water partition coefficient (Wildman–Crippen LogP) is 6.25. The van der Waals surface area contributed by atoms with Crippen molar-refractivity contribution in [2.45, 2.75) is 46.5 Å². The molecule has 0 atom stereocenters. The Kier molecular flexibility index (Phi) is 6.55. The van der Waals surface area contributed by atoms with E-state index in [9.17, 15) is 0 Å². The van der Waals surface area contributed by atoms with Gasteiger partial charge in [-0.3, -0.25) is 0 Å². The van der Waals surface area contributed by atoms with Crippen molar-refractivity contribution >= 4 is 23.2 Å². The van der Waals surface area contributed by atoms with Crippen molar-refractivity contribution < 1.29 is 25.6 Å². The fourth-order valence-corrected chi connectivity index (χ4v) is 2.75. The van der Waals surface area contributed by atoms with Gasteiger partial charge >= 0.3 is 0 Å². The summed E-state index contributed by atoms with van der Waals surface area (Å²) in [5.41, 5.74) is 3.20. The maximum absolute atomic E-state index is 6.44. The average molecular weight is 439 g/mol. The molecular weight excluding hydrogens is 420 g/mol. The molecule has 0 aromatic carbocycles. The van der Waals surface area contributed by atoms with Crippen LogP contribution in [0, 0.1) is 6.92 Å². The fraction of sp³-hybridized carbons (Fsp3) is 0.389. The van der Waals surface area contributed by atoms with Gasteiger partial charge in [0.2, 0.25) is 11.8 Å². The summed E-state index contributed by atoms with van der Waals surface area (Å²) >= 11 is 12.9. The molecule has 5 nitrogen and oxygen atoms in total. The second-order valence-corrected chi connectivity index (χ2v) is 7.28. The van der Waals surface area contributed by atoms with Gasteiger partial charge in [-0.2, -0.15) is 0 Å². The molecule has 0 N–H and O–H groups in total. The Bertz CT molecular complexity index is 849. The maximum Gasteiger partial charge on any atom is 0.246 e. The second-order valence-electron chi connectivity index (χ2n) is 6.53. The second kappa shape index (κ2) is 8.13. The molecule has 0 fully saturated rings. The molecular formula is C18H19Cl2CoN3O2. The molecule has 26 heavy (non-hydrogen) atoms. The zero-order valence-corrected chi connectivity index (χ0v) is 17.6. The van der Waals surface area contributed by atoms with Crippen LogP contribution in [0.2, 0.25) is 10.0 Å². The molecule has 3 rings (SSSR count). The van der Waals surface area contributed by atoms with Gasteiger partial charge < -0.3 is 8.83 Å². The summed E-state index contributed by atoms with van der Waals surface area (Å²) in [6.45, 7) is 9.97. The first-order chi connectivity index (χ1) is 11.8. The van der Waals surface area contributed by atoms with Crippen molar-refractivity contribution in [3.8, 4) is 23.2 Å². The Labute approximate surface area is 172 Å². The van der Waals surface area contributed by atoms with Gasteiger partial charge in [0.1, 0.15) is 23.9 Å². The minimum Gasteiger partial charge on any atom is -0.443 e. The van der Waals surface area contributed by atoms with Crippen molar-refractivity contribution in [3.05, 3.63) is 39.5 Å². The first-order valence-electron chi connectivity index (χ1n) is 8.06. The van der Waals surface area contributed by atoms with Gasteiger partial charge in [-0.15, -0.1) is 0 Å². The quantitative estimate of drug-likeness (QED) is 0.481. The number of oxazole rings is 2. The van der Waals surface area contributed by atoms with Gasteiger partial charge in [-0.05, 0) is 24.3 Å². The Morgan fingerprint density at radius 1 is 0.769 bits per heavy atom. The third kappa shape index (κ3) is 3.83. The number of hydrogen-bond acceptors (Lipinski definition) is 5. The number of halogens is 2. The number of aromatic nitrogens is 3. The van der Waals surface area contributed by atoms with Gasteiger partial charge in [0.05, 0.1) is 21.4 Å². The van der Waals surface area contributed by atoms with Gasteiger partial charge in [-0.1, -0.05) is 50.9 Å². The van der Waals surface area contributed by atoms with Crippen LogP contribution in [0.3, 0.4) is 0 Å². The molecule has 0 saturated heterocycles. The Morgan fingerprint density at radius 2 is 1.15 bits per heavy atom. The Morgan fingerprint density at radius 3 is 1.46 bits per heavy atom. The van der Waals surface area contributed by atoms with Gasteiger partial charge in [0.25, 0.3) is 0 Å². The van der Waals surface area contributed by atoms with E-state index in [1.165, 1.54) is 0 Å². The fourth-order valence-electron chi connectivity index (χ4n) is 2.27. The third-order valence-corrected chi connectivity index (χ3v) is 4.85. The van der Waals surface area contributed by atoms with E-state index < -0.39 is 0 Å². The van der Waals surface area contributed by atoms with Crippen LogP contribution in [0.5, 0.6) is 0 Å². The molecule has 0 saturated carbocycles. The zero-order valence-electron chi connectivity index (χ0n) is 15.1. The van der Waals surface area contributed by atoms with Crippen LogP contribution in [-0.2, 0) is 16.8 Å². The largest absolute Gasteiger partial charge is 0.443 e. The minimum atomic E-state index is 0. The molecule has 0 amide bonds. The van der Waals surface area contributed by atoms with E-state index in [1.807, 2.05) is 34.6 Å². The first-order valence-corrected chi connectivity index (χ1v) is 8.82. The number of rotatable bonds is 4. The van der Waals surface area contributed by atoms with Crippen LogP contribution in [0.15, 0.2) is 21.4 Å². The van der Waals surface area contributed by atoms with Crippen LogP contribution < -0.4 is 0 Å². The first kappa shape index (κ1) is 21.0. The molecule has 0 aliphatic carbocycles. The zero-order chi connectivity index (χ0) is 18.3. The topological polar surface area (TPSA) is 65.0 Å². The molecule has 0 unspecified atom stereocenters. The van der Waals surface area contributed by atoms with Crippen molar-refractivity contribution in [2.24, 2.45) is 0 Å². The van der Waals surface area contributed by atoms with E-state index >= 15 is 0 Å². The Balaban J connectivity index is 0.00000243. The molecule has 8 heteroatoms. The maximum atomic E-state index is 6.44. The number of nitrogens with zero attached hydrogens (tertiary/aromatic N) is 3. The van der Waals surface area contributed by atoms with Crippen LogP contribution in [0.25, 0.3) is 23.2 Å². The van der Waals surface area contributed by atoms with E-state index in [4.69, 9.17) is 32.0 Å². The van der Waals surface area contributed by atoms with Gasteiger partial charge in [0, 0.05) is 16.8 Å². The van der Waals surface area contributed by atoms with Crippen LogP contribution in [0.1, 0.15) is 56.5 Å². The molecule has 3 aromatic rings. The summed E-state index contributed by atoms with van der Waals surface area (Å²) < 4.78 is 11.1. The summed E-state index contributed by atoms with van der Waals surface area (Å²) in [5, 5.41) is 0.808. The third-order valence-electron chi connectivity index (χ3n) is 3.93. The summed E-state index contributed by atoms with van der Waals surface area (Å²) in [6, 6.07) is 0. The van der Waals surface area contributed by atoms with Crippen LogP contribution in [0.4, 0.5) is 0 Å². The van der Waals surface area contributed by atoms with E-state index in [0.29, 0.717) is 38.8 Å². The average Bonchev–Trinajstić information content (AvgIpc) is 3.22. The van der Waals surface area contributed by atoms with E-state index in [1.54, 1.807) is 12.5 Å². The molecule has 141 valence electrons. The van der Waals surface area contributed by atoms with Gasteiger partial charge in [0.15, 0.2) is 0 Å². The van der Waals surface area contributed by atoms with E-state index in [2.05, 4.69) is 15.0 Å². The van der Waals surface area contributed by atoms with Crippen molar-refractivity contribution in [3.63, 3.8) is 0 Å². The summed E-state index contributed by atoms with van der Waals surface area (Å²) in [5.74, 6) is 1.18.